The number of allylic oxidation sites excluding steroid dienone is 1. The Labute approximate surface area is 122 Å². The molecule has 0 spiro atoms. The fourth-order valence-corrected chi connectivity index (χ4v) is 4.79. The topological polar surface area (TPSA) is 38.5 Å². The van der Waals surface area contributed by atoms with E-state index < -0.39 is 0 Å². The summed E-state index contributed by atoms with van der Waals surface area (Å²) in [5, 5.41) is 0. The molecule has 2 N–H and O–H groups in total. The maximum Gasteiger partial charge on any atom is 0.0506 e. The Kier molecular flexibility index (Phi) is 3.84. The Bertz CT molecular complexity index is 356. The van der Waals surface area contributed by atoms with Gasteiger partial charge in [-0.2, -0.15) is 12.6 Å². The third-order valence-corrected chi connectivity index (χ3v) is 5.89. The lowest BCUT2D eigenvalue weighted by Crippen LogP contribution is -2.35. The van der Waals surface area contributed by atoms with Crippen molar-refractivity contribution in [3.05, 3.63) is 12.3 Å². The Morgan fingerprint density at radius 2 is 2.37 bits per heavy atom. The van der Waals surface area contributed by atoms with Crippen molar-refractivity contribution in [2.45, 2.75) is 30.4 Å². The molecular formula is C15H26N2OS. The standard InChI is InChI=1S/C15H26N2OS/c1-11(16)13-5-14-8-17(10-15(14,19)6-13)7-12-3-2-4-18-9-12/h12-14,19H,1-10,16H2/t12?,13?,14-,15-/m0/s1. The molecule has 0 amide bonds. The van der Waals surface area contributed by atoms with Crippen molar-refractivity contribution in [1.82, 2.24) is 4.90 Å². The van der Waals surface area contributed by atoms with E-state index in [4.69, 9.17) is 23.1 Å². The molecule has 0 aromatic heterocycles. The van der Waals surface area contributed by atoms with E-state index in [-0.39, 0.29) is 4.75 Å². The van der Waals surface area contributed by atoms with Crippen molar-refractivity contribution in [1.29, 1.82) is 0 Å². The minimum Gasteiger partial charge on any atom is -0.402 e. The van der Waals surface area contributed by atoms with E-state index in [1.165, 1.54) is 32.4 Å². The number of thiol groups is 1. The van der Waals surface area contributed by atoms with Crippen molar-refractivity contribution in [3.63, 3.8) is 0 Å². The highest BCUT2D eigenvalue weighted by Crippen LogP contribution is 2.50. The minimum absolute atomic E-state index is 0.169. The number of rotatable bonds is 3. The molecule has 2 unspecified atom stereocenters. The van der Waals surface area contributed by atoms with Crippen molar-refractivity contribution in [2.75, 3.05) is 32.8 Å². The molecule has 19 heavy (non-hydrogen) atoms. The molecule has 1 aliphatic carbocycles. The van der Waals surface area contributed by atoms with Gasteiger partial charge in [0.15, 0.2) is 0 Å². The Balaban J connectivity index is 1.55. The van der Waals surface area contributed by atoms with Crippen LogP contribution in [0.25, 0.3) is 0 Å². The van der Waals surface area contributed by atoms with Gasteiger partial charge in [0, 0.05) is 36.7 Å². The fourth-order valence-electron chi connectivity index (χ4n) is 4.18. The van der Waals surface area contributed by atoms with Crippen LogP contribution in [0.1, 0.15) is 25.7 Å². The zero-order chi connectivity index (χ0) is 13.5. The molecule has 0 bridgehead atoms. The average Bonchev–Trinajstić information content (AvgIpc) is 2.82. The number of fused-ring (bicyclic) bond motifs is 1. The van der Waals surface area contributed by atoms with Crippen LogP contribution in [0.15, 0.2) is 12.3 Å². The monoisotopic (exact) mass is 282 g/mol. The number of nitrogens with two attached hydrogens (primary N) is 1. The number of nitrogens with zero attached hydrogens (tertiary/aromatic N) is 1. The average molecular weight is 282 g/mol. The molecule has 2 heterocycles. The van der Waals surface area contributed by atoms with Gasteiger partial charge in [-0.15, -0.1) is 0 Å². The highest BCUT2D eigenvalue weighted by Gasteiger charge is 2.50. The Morgan fingerprint density at radius 1 is 1.53 bits per heavy atom. The smallest absolute Gasteiger partial charge is 0.0506 e. The minimum atomic E-state index is 0.169. The molecule has 3 fully saturated rings. The van der Waals surface area contributed by atoms with Gasteiger partial charge in [0.2, 0.25) is 0 Å². The third-order valence-electron chi connectivity index (χ3n) is 5.20. The summed E-state index contributed by atoms with van der Waals surface area (Å²) in [6.07, 6.45) is 4.83. The molecular weight excluding hydrogens is 256 g/mol. The molecule has 4 atom stereocenters. The normalized spacial score (nSPS) is 43.3. The van der Waals surface area contributed by atoms with E-state index in [1.54, 1.807) is 0 Å². The second kappa shape index (κ2) is 5.30. The summed E-state index contributed by atoms with van der Waals surface area (Å²) in [4.78, 5) is 2.60. The van der Waals surface area contributed by atoms with Crippen LogP contribution in [0.4, 0.5) is 0 Å². The van der Waals surface area contributed by atoms with Crippen LogP contribution in [0.2, 0.25) is 0 Å². The lowest BCUT2D eigenvalue weighted by molar-refractivity contribution is 0.0408. The molecule has 0 aromatic rings. The van der Waals surface area contributed by atoms with Gasteiger partial charge < -0.3 is 15.4 Å². The zero-order valence-corrected chi connectivity index (χ0v) is 12.6. The largest absolute Gasteiger partial charge is 0.402 e. The van der Waals surface area contributed by atoms with Gasteiger partial charge in [0.25, 0.3) is 0 Å². The van der Waals surface area contributed by atoms with E-state index in [2.05, 4.69) is 11.5 Å². The predicted molar refractivity (Wildman–Crippen MR) is 81.2 cm³/mol. The molecule has 2 saturated heterocycles. The maximum absolute atomic E-state index is 5.89. The number of hydrogen-bond donors (Lipinski definition) is 2. The Morgan fingerprint density at radius 3 is 3.00 bits per heavy atom. The summed E-state index contributed by atoms with van der Waals surface area (Å²) in [6.45, 7) is 9.31. The van der Waals surface area contributed by atoms with Crippen LogP contribution in [0.3, 0.4) is 0 Å². The number of hydrogen-bond acceptors (Lipinski definition) is 4. The molecule has 2 aliphatic heterocycles. The zero-order valence-electron chi connectivity index (χ0n) is 11.7. The highest BCUT2D eigenvalue weighted by molar-refractivity contribution is 7.81. The van der Waals surface area contributed by atoms with E-state index in [1.807, 2.05) is 0 Å². The predicted octanol–water partition coefficient (Wildman–Crippen LogP) is 1.90. The first-order valence-corrected chi connectivity index (χ1v) is 7.98. The van der Waals surface area contributed by atoms with Crippen molar-refractivity contribution < 1.29 is 4.74 Å². The van der Waals surface area contributed by atoms with Gasteiger partial charge in [0.05, 0.1) is 6.61 Å². The summed E-state index contributed by atoms with van der Waals surface area (Å²) in [6, 6.07) is 0. The quantitative estimate of drug-likeness (QED) is 0.777. The first-order valence-electron chi connectivity index (χ1n) is 7.53. The molecule has 4 heteroatoms. The van der Waals surface area contributed by atoms with Crippen LogP contribution < -0.4 is 5.73 Å². The summed E-state index contributed by atoms with van der Waals surface area (Å²) in [5.74, 6) is 1.90. The van der Waals surface area contributed by atoms with E-state index in [0.29, 0.717) is 11.8 Å². The van der Waals surface area contributed by atoms with Crippen LogP contribution in [0, 0.1) is 17.8 Å². The summed E-state index contributed by atoms with van der Waals surface area (Å²) in [7, 11) is 0. The van der Waals surface area contributed by atoms with Crippen molar-refractivity contribution in [2.24, 2.45) is 23.5 Å². The fraction of sp³-hybridized carbons (Fsp3) is 0.867. The molecule has 1 saturated carbocycles. The molecule has 0 aromatic carbocycles. The SMILES string of the molecule is C=C(N)C1C[C@H]2CN(CC3CCCOC3)C[C@@]2(S)C1. The van der Waals surface area contributed by atoms with Crippen molar-refractivity contribution >= 4 is 12.6 Å². The van der Waals surface area contributed by atoms with Crippen molar-refractivity contribution in [3.8, 4) is 0 Å². The first kappa shape index (κ1) is 13.8. The van der Waals surface area contributed by atoms with E-state index >= 15 is 0 Å². The highest BCUT2D eigenvalue weighted by atomic mass is 32.1. The molecule has 3 aliphatic rings. The summed E-state index contributed by atoms with van der Waals surface area (Å²) < 4.78 is 5.76. The van der Waals surface area contributed by atoms with Gasteiger partial charge >= 0.3 is 0 Å². The van der Waals surface area contributed by atoms with E-state index in [9.17, 15) is 0 Å². The molecule has 3 rings (SSSR count). The molecule has 3 nitrogen and oxygen atoms in total. The number of likely N-dealkylation sites (tertiary alicyclic amines) is 1. The summed E-state index contributed by atoms with van der Waals surface area (Å²) >= 11 is 5.00. The van der Waals surface area contributed by atoms with E-state index in [0.717, 1.165) is 37.8 Å². The lowest BCUT2D eigenvalue weighted by Gasteiger charge is -2.28. The summed E-state index contributed by atoms with van der Waals surface area (Å²) in [5.41, 5.74) is 6.74. The van der Waals surface area contributed by atoms with Gasteiger partial charge in [-0.3, -0.25) is 0 Å². The third kappa shape index (κ3) is 2.81. The molecule has 108 valence electrons. The van der Waals surface area contributed by atoms with Crippen LogP contribution in [-0.2, 0) is 4.74 Å². The van der Waals surface area contributed by atoms with Gasteiger partial charge in [0.1, 0.15) is 0 Å². The second-order valence-corrected chi connectivity index (χ2v) is 7.68. The van der Waals surface area contributed by atoms with Crippen LogP contribution in [0.5, 0.6) is 0 Å². The van der Waals surface area contributed by atoms with Crippen LogP contribution in [-0.4, -0.2) is 42.5 Å². The second-order valence-electron chi connectivity index (χ2n) is 6.79. The van der Waals surface area contributed by atoms with Gasteiger partial charge in [-0.25, -0.2) is 0 Å². The lowest BCUT2D eigenvalue weighted by atomic mass is 10.00. The molecule has 0 radical (unpaired) electrons. The number of ether oxygens (including phenoxy) is 1. The van der Waals surface area contributed by atoms with Gasteiger partial charge in [-0.05, 0) is 43.4 Å². The Hall–Kier alpha value is -0.190. The first-order chi connectivity index (χ1) is 9.07. The maximum atomic E-state index is 5.89. The van der Waals surface area contributed by atoms with Gasteiger partial charge in [-0.1, -0.05) is 6.58 Å². The van der Waals surface area contributed by atoms with Crippen LogP contribution >= 0.6 is 12.6 Å².